The summed E-state index contributed by atoms with van der Waals surface area (Å²) in [5, 5.41) is 14.5. The summed E-state index contributed by atoms with van der Waals surface area (Å²) in [4.78, 5) is 19.7. The van der Waals surface area contributed by atoms with E-state index in [1.165, 1.54) is 5.56 Å². The van der Waals surface area contributed by atoms with Crippen molar-refractivity contribution in [3.63, 3.8) is 0 Å². The van der Waals surface area contributed by atoms with E-state index in [4.69, 9.17) is 9.47 Å². The molecule has 0 aliphatic carbocycles. The van der Waals surface area contributed by atoms with E-state index in [-0.39, 0.29) is 11.7 Å². The molecule has 0 unspecified atom stereocenters. The Morgan fingerprint density at radius 3 is 2.69 bits per heavy atom. The average molecular weight is 526 g/mol. The van der Waals surface area contributed by atoms with Crippen LogP contribution < -0.4 is 10.1 Å². The molecule has 1 aliphatic heterocycles. The molecule has 2 N–H and O–H groups in total. The summed E-state index contributed by atoms with van der Waals surface area (Å²) in [6.45, 7) is 5.55. The Hall–Kier alpha value is -3.94. The van der Waals surface area contributed by atoms with Crippen molar-refractivity contribution in [3.8, 4) is 22.6 Å². The van der Waals surface area contributed by atoms with Crippen LogP contribution in [0.25, 0.3) is 22.0 Å². The summed E-state index contributed by atoms with van der Waals surface area (Å²) in [6.07, 6.45) is 4.32. The fourth-order valence-corrected chi connectivity index (χ4v) is 4.89. The lowest BCUT2D eigenvalue weighted by Crippen LogP contribution is -2.37. The van der Waals surface area contributed by atoms with Crippen LogP contribution in [0, 0.1) is 0 Å². The molecule has 7 heteroatoms. The van der Waals surface area contributed by atoms with Gasteiger partial charge in [-0.05, 0) is 66.8 Å². The lowest BCUT2D eigenvalue weighted by atomic mass is 9.99. The first kappa shape index (κ1) is 26.7. The van der Waals surface area contributed by atoms with Gasteiger partial charge in [0.15, 0.2) is 0 Å². The van der Waals surface area contributed by atoms with Gasteiger partial charge in [0.2, 0.25) is 0 Å². The Morgan fingerprint density at radius 1 is 1.00 bits per heavy atom. The van der Waals surface area contributed by atoms with Crippen LogP contribution in [-0.4, -0.2) is 66.9 Å². The number of phenolic OH excluding ortho intramolecular Hbond substituents is 1. The van der Waals surface area contributed by atoms with Gasteiger partial charge in [-0.1, -0.05) is 36.4 Å². The molecule has 5 rings (SSSR count). The van der Waals surface area contributed by atoms with Crippen molar-refractivity contribution >= 4 is 16.8 Å². The highest BCUT2D eigenvalue weighted by Crippen LogP contribution is 2.36. The van der Waals surface area contributed by atoms with E-state index >= 15 is 0 Å². The van der Waals surface area contributed by atoms with Crippen molar-refractivity contribution in [2.75, 3.05) is 46.0 Å². The van der Waals surface area contributed by atoms with Gasteiger partial charge in [-0.25, -0.2) is 0 Å². The van der Waals surface area contributed by atoms with Crippen LogP contribution in [0.5, 0.6) is 11.5 Å². The monoisotopic (exact) mass is 525 g/mol. The predicted molar refractivity (Wildman–Crippen MR) is 153 cm³/mol. The third-order valence-electron chi connectivity index (χ3n) is 6.99. The third-order valence-corrected chi connectivity index (χ3v) is 6.99. The highest BCUT2D eigenvalue weighted by Gasteiger charge is 2.15. The molecule has 1 saturated heterocycles. The lowest BCUT2D eigenvalue weighted by molar-refractivity contribution is 0.0358. The normalized spacial score (nSPS) is 13.8. The molecule has 0 radical (unpaired) electrons. The molecule has 2 heterocycles. The number of carbonyl (C=O) groups excluding carboxylic acids is 1. The van der Waals surface area contributed by atoms with Crippen molar-refractivity contribution in [1.82, 2.24) is 15.2 Å². The second-order valence-electron chi connectivity index (χ2n) is 9.78. The number of morpholine rings is 1. The van der Waals surface area contributed by atoms with Gasteiger partial charge in [0, 0.05) is 48.9 Å². The Morgan fingerprint density at radius 2 is 1.85 bits per heavy atom. The Labute approximate surface area is 229 Å². The molecule has 0 saturated carbocycles. The third kappa shape index (κ3) is 7.13. The first-order valence-corrected chi connectivity index (χ1v) is 13.6. The van der Waals surface area contributed by atoms with Crippen molar-refractivity contribution in [1.29, 1.82) is 0 Å². The minimum Gasteiger partial charge on any atom is -0.506 e. The van der Waals surface area contributed by atoms with E-state index in [1.54, 1.807) is 18.3 Å². The average Bonchev–Trinajstić information content (AvgIpc) is 2.98. The maximum Gasteiger partial charge on any atom is 0.251 e. The van der Waals surface area contributed by atoms with Gasteiger partial charge >= 0.3 is 0 Å². The van der Waals surface area contributed by atoms with Gasteiger partial charge in [-0.3, -0.25) is 14.7 Å². The number of aryl methyl sites for hydroxylation is 1. The fourth-order valence-electron chi connectivity index (χ4n) is 4.89. The summed E-state index contributed by atoms with van der Waals surface area (Å²) in [6, 6.07) is 23.2. The molecular formula is C32H35N3O4. The number of nitrogens with zero attached hydrogens (tertiary/aromatic N) is 2. The van der Waals surface area contributed by atoms with Crippen LogP contribution in [0.1, 0.15) is 28.8 Å². The van der Waals surface area contributed by atoms with E-state index < -0.39 is 0 Å². The van der Waals surface area contributed by atoms with E-state index in [2.05, 4.69) is 27.3 Å². The molecule has 7 nitrogen and oxygen atoms in total. The van der Waals surface area contributed by atoms with Crippen molar-refractivity contribution in [3.05, 3.63) is 90.1 Å². The van der Waals surface area contributed by atoms with Gasteiger partial charge in [-0.15, -0.1) is 0 Å². The number of phenols is 1. The number of aromatic hydroxyl groups is 1. The molecule has 39 heavy (non-hydrogen) atoms. The van der Waals surface area contributed by atoms with Gasteiger partial charge in [-0.2, -0.15) is 0 Å². The molecule has 1 amide bonds. The van der Waals surface area contributed by atoms with Crippen molar-refractivity contribution < 1.29 is 19.4 Å². The summed E-state index contributed by atoms with van der Waals surface area (Å²) in [5.41, 5.74) is 3.89. The number of nitrogens with one attached hydrogen (secondary N) is 1. The number of aromatic nitrogens is 1. The number of fused-ring (bicyclic) bond motifs is 1. The van der Waals surface area contributed by atoms with Crippen LogP contribution in [0.3, 0.4) is 0 Å². The molecule has 4 aromatic rings. The Balaban J connectivity index is 1.30. The van der Waals surface area contributed by atoms with Gasteiger partial charge in [0.1, 0.15) is 17.0 Å². The number of amides is 1. The summed E-state index contributed by atoms with van der Waals surface area (Å²) < 4.78 is 11.7. The molecular weight excluding hydrogens is 490 g/mol. The Kier molecular flexibility index (Phi) is 9.04. The molecule has 3 aromatic carbocycles. The largest absolute Gasteiger partial charge is 0.506 e. The quantitative estimate of drug-likeness (QED) is 0.266. The second-order valence-corrected chi connectivity index (χ2v) is 9.78. The van der Waals surface area contributed by atoms with Crippen LogP contribution in [0.4, 0.5) is 0 Å². The van der Waals surface area contributed by atoms with Crippen LogP contribution in [-0.2, 0) is 11.2 Å². The zero-order valence-corrected chi connectivity index (χ0v) is 22.1. The number of pyridine rings is 1. The highest BCUT2D eigenvalue weighted by atomic mass is 16.5. The zero-order valence-electron chi connectivity index (χ0n) is 22.1. The minimum absolute atomic E-state index is 0.0946. The summed E-state index contributed by atoms with van der Waals surface area (Å²) in [5.74, 6) is 0.646. The lowest BCUT2D eigenvalue weighted by Gasteiger charge is -2.26. The topological polar surface area (TPSA) is 83.9 Å². The number of hydrogen-bond acceptors (Lipinski definition) is 6. The molecule has 0 atom stereocenters. The van der Waals surface area contributed by atoms with Gasteiger partial charge in [0.25, 0.3) is 5.91 Å². The summed E-state index contributed by atoms with van der Waals surface area (Å²) >= 11 is 0. The highest BCUT2D eigenvalue weighted by molar-refractivity contribution is 5.97. The van der Waals surface area contributed by atoms with E-state index in [9.17, 15) is 9.90 Å². The maximum absolute atomic E-state index is 13.0. The van der Waals surface area contributed by atoms with Crippen LogP contribution in [0.2, 0.25) is 0 Å². The number of ether oxygens (including phenoxy) is 2. The number of carbonyl (C=O) groups is 1. The minimum atomic E-state index is -0.130. The molecule has 1 aromatic heterocycles. The fraction of sp³-hybridized carbons (Fsp3) is 0.312. The Bertz CT molecular complexity index is 1390. The van der Waals surface area contributed by atoms with Crippen molar-refractivity contribution in [2.24, 2.45) is 0 Å². The molecule has 1 fully saturated rings. The smallest absolute Gasteiger partial charge is 0.251 e. The van der Waals surface area contributed by atoms with Gasteiger partial charge in [0.05, 0.1) is 19.8 Å². The van der Waals surface area contributed by atoms with Crippen LogP contribution in [0.15, 0.2) is 79.0 Å². The van der Waals surface area contributed by atoms with E-state index in [1.807, 2.05) is 48.5 Å². The number of rotatable bonds is 11. The standard InChI is InChI=1S/C32H35N3O4/c36-29-23-27(21-25-10-5-13-33-31(25)29)28-22-26(32(37)34-14-4-9-24-7-2-1-3-8-24)11-12-30(28)39-18-6-15-35-16-19-38-20-17-35/h1-3,5,7-8,10-13,21-23,36H,4,6,9,14-20H2,(H,34,37). The molecule has 1 aliphatic rings. The molecule has 0 bridgehead atoms. The van der Waals surface area contributed by atoms with E-state index in [0.29, 0.717) is 30.0 Å². The first-order valence-electron chi connectivity index (χ1n) is 13.6. The van der Waals surface area contributed by atoms with Crippen LogP contribution >= 0.6 is 0 Å². The molecule has 202 valence electrons. The second kappa shape index (κ2) is 13.2. The van der Waals surface area contributed by atoms with Crippen molar-refractivity contribution in [2.45, 2.75) is 19.3 Å². The number of hydrogen-bond donors (Lipinski definition) is 2. The van der Waals surface area contributed by atoms with E-state index in [0.717, 1.165) is 68.6 Å². The predicted octanol–water partition coefficient (Wildman–Crippen LogP) is 5.07. The SMILES string of the molecule is O=C(NCCCc1ccccc1)c1ccc(OCCCN2CCOCC2)c(-c2cc(O)c3ncccc3c2)c1. The van der Waals surface area contributed by atoms with Gasteiger partial charge < -0.3 is 19.9 Å². The zero-order chi connectivity index (χ0) is 26.9. The maximum atomic E-state index is 13.0. The summed E-state index contributed by atoms with van der Waals surface area (Å²) in [7, 11) is 0. The number of benzene rings is 3. The molecule has 0 spiro atoms. The first-order chi connectivity index (χ1) is 19.2.